The zero-order valence-corrected chi connectivity index (χ0v) is 18.1. The van der Waals surface area contributed by atoms with Gasteiger partial charge in [0.15, 0.2) is 5.78 Å². The van der Waals surface area contributed by atoms with E-state index in [9.17, 15) is 9.90 Å². The number of fused-ring (bicyclic) bond motifs is 1. The number of carbonyl (C=O) groups is 1. The highest BCUT2D eigenvalue weighted by Gasteiger charge is 2.42. The number of carbonyl (C=O) groups excluding carboxylic acids is 1. The summed E-state index contributed by atoms with van der Waals surface area (Å²) in [6, 6.07) is 12.6. The van der Waals surface area contributed by atoms with Gasteiger partial charge in [0.1, 0.15) is 17.2 Å². The molecule has 1 aromatic heterocycles. The number of benzene rings is 2. The van der Waals surface area contributed by atoms with Crippen molar-refractivity contribution in [1.82, 2.24) is 5.16 Å². The van der Waals surface area contributed by atoms with E-state index in [-0.39, 0.29) is 23.4 Å². The number of phenolic OH excluding ortho intramolecular Hbond substituents is 1. The third kappa shape index (κ3) is 3.21. The molecule has 2 aliphatic rings. The number of hydrogen-bond acceptors (Lipinski definition) is 7. The molecule has 7 heteroatoms. The smallest absolute Gasteiger partial charge is 0.233 e. The summed E-state index contributed by atoms with van der Waals surface area (Å²) >= 11 is 0. The van der Waals surface area contributed by atoms with E-state index in [1.165, 1.54) is 0 Å². The quantitative estimate of drug-likeness (QED) is 0.619. The van der Waals surface area contributed by atoms with E-state index in [0.717, 1.165) is 28.1 Å². The second kappa shape index (κ2) is 7.75. The van der Waals surface area contributed by atoms with Gasteiger partial charge in [0.2, 0.25) is 5.88 Å². The van der Waals surface area contributed by atoms with Gasteiger partial charge in [-0.3, -0.25) is 4.79 Å². The normalized spacial score (nSPS) is 19.8. The summed E-state index contributed by atoms with van der Waals surface area (Å²) in [6.07, 6.45) is 1.03. The van der Waals surface area contributed by atoms with Crippen LogP contribution in [0.15, 0.2) is 58.3 Å². The van der Waals surface area contributed by atoms with E-state index in [4.69, 9.17) is 14.0 Å². The van der Waals surface area contributed by atoms with Gasteiger partial charge in [0.05, 0.1) is 31.4 Å². The van der Waals surface area contributed by atoms with Gasteiger partial charge in [-0.25, -0.2) is 0 Å². The molecule has 0 fully saturated rings. The predicted octanol–water partition coefficient (Wildman–Crippen LogP) is 4.66. The maximum absolute atomic E-state index is 13.6. The Morgan fingerprint density at radius 3 is 2.59 bits per heavy atom. The van der Waals surface area contributed by atoms with Crippen LogP contribution in [-0.4, -0.2) is 30.3 Å². The van der Waals surface area contributed by atoms with Crippen molar-refractivity contribution in [3.05, 3.63) is 76.1 Å². The number of rotatable bonds is 4. The summed E-state index contributed by atoms with van der Waals surface area (Å²) in [5, 5.41) is 17.1. The minimum atomic E-state index is -0.370. The van der Waals surface area contributed by atoms with Crippen molar-refractivity contribution in [1.29, 1.82) is 0 Å². The molecule has 2 atom stereocenters. The van der Waals surface area contributed by atoms with Gasteiger partial charge in [-0.1, -0.05) is 17.3 Å². The molecule has 2 aromatic carbocycles. The lowest BCUT2D eigenvalue weighted by Crippen LogP contribution is -2.29. The maximum Gasteiger partial charge on any atom is 0.233 e. The molecular formula is C25H24N2O5. The van der Waals surface area contributed by atoms with Crippen molar-refractivity contribution in [2.24, 2.45) is 0 Å². The number of anilines is 1. The standard InChI is InChI=1S/C25H24N2O5/c1-13-22-23(18-12-17(30-2)8-9-21(18)31-3)24-19(26-25(22)32-27-13)10-15(11-20(24)29)14-4-6-16(28)7-5-14/h4-9,12,15,23,26,28H,10-11H2,1-3H3/t15-,23+/m0/s1. The molecule has 5 rings (SSSR count). The van der Waals surface area contributed by atoms with E-state index in [1.54, 1.807) is 26.4 Å². The Morgan fingerprint density at radius 2 is 1.88 bits per heavy atom. The number of aromatic nitrogens is 1. The van der Waals surface area contributed by atoms with Crippen LogP contribution in [0.2, 0.25) is 0 Å². The van der Waals surface area contributed by atoms with Gasteiger partial charge in [-0.2, -0.15) is 0 Å². The van der Waals surface area contributed by atoms with Crippen molar-refractivity contribution in [2.75, 3.05) is 19.5 Å². The zero-order valence-electron chi connectivity index (χ0n) is 18.1. The third-order valence-electron chi connectivity index (χ3n) is 6.37. The monoisotopic (exact) mass is 432 g/mol. The van der Waals surface area contributed by atoms with Crippen LogP contribution in [0.1, 0.15) is 47.1 Å². The van der Waals surface area contributed by atoms with Gasteiger partial charge < -0.3 is 24.4 Å². The fourth-order valence-corrected chi connectivity index (χ4v) is 4.83. The van der Waals surface area contributed by atoms with Gasteiger partial charge in [-0.15, -0.1) is 0 Å². The molecule has 2 N–H and O–H groups in total. The second-order valence-corrected chi connectivity index (χ2v) is 8.19. The largest absolute Gasteiger partial charge is 0.508 e. The van der Waals surface area contributed by atoms with E-state index in [2.05, 4.69) is 10.5 Å². The van der Waals surface area contributed by atoms with Crippen LogP contribution < -0.4 is 14.8 Å². The summed E-state index contributed by atoms with van der Waals surface area (Å²) in [6.45, 7) is 1.88. The highest BCUT2D eigenvalue weighted by molar-refractivity contribution is 6.01. The lowest BCUT2D eigenvalue weighted by Gasteiger charge is -2.35. The molecule has 7 nitrogen and oxygen atoms in total. The number of nitrogens with zero attached hydrogens (tertiary/aromatic N) is 1. The van der Waals surface area contributed by atoms with Crippen LogP contribution in [0.3, 0.4) is 0 Å². The van der Waals surface area contributed by atoms with E-state index >= 15 is 0 Å². The van der Waals surface area contributed by atoms with Crippen molar-refractivity contribution in [2.45, 2.75) is 31.6 Å². The van der Waals surface area contributed by atoms with Crippen molar-refractivity contribution >= 4 is 11.7 Å². The van der Waals surface area contributed by atoms with Crippen LogP contribution in [0.4, 0.5) is 5.88 Å². The molecule has 1 aliphatic carbocycles. The average molecular weight is 432 g/mol. The number of aryl methyl sites for hydroxylation is 1. The number of ketones is 1. The van der Waals surface area contributed by atoms with Crippen molar-refractivity contribution in [3.63, 3.8) is 0 Å². The number of allylic oxidation sites excluding steroid dienone is 2. The fraction of sp³-hybridized carbons (Fsp3) is 0.280. The van der Waals surface area contributed by atoms with Crippen LogP contribution in [0.5, 0.6) is 17.2 Å². The topological polar surface area (TPSA) is 93.8 Å². The van der Waals surface area contributed by atoms with E-state index < -0.39 is 0 Å². The highest BCUT2D eigenvalue weighted by Crippen LogP contribution is 2.51. The van der Waals surface area contributed by atoms with Crippen molar-refractivity contribution < 1.29 is 23.9 Å². The molecule has 32 heavy (non-hydrogen) atoms. The molecule has 2 heterocycles. The highest BCUT2D eigenvalue weighted by atomic mass is 16.5. The minimum Gasteiger partial charge on any atom is -0.508 e. The first-order chi connectivity index (χ1) is 15.5. The summed E-state index contributed by atoms with van der Waals surface area (Å²) in [4.78, 5) is 13.6. The Bertz CT molecular complexity index is 1230. The first-order valence-electron chi connectivity index (χ1n) is 10.5. The molecule has 0 saturated heterocycles. The Morgan fingerprint density at radius 1 is 1.09 bits per heavy atom. The van der Waals surface area contributed by atoms with Gasteiger partial charge >= 0.3 is 0 Å². The predicted molar refractivity (Wildman–Crippen MR) is 118 cm³/mol. The van der Waals surface area contributed by atoms with E-state index in [1.807, 2.05) is 37.3 Å². The van der Waals surface area contributed by atoms with Crippen LogP contribution >= 0.6 is 0 Å². The van der Waals surface area contributed by atoms with Crippen LogP contribution in [0.25, 0.3) is 0 Å². The number of methoxy groups -OCH3 is 2. The van der Waals surface area contributed by atoms with E-state index in [0.29, 0.717) is 35.8 Å². The summed E-state index contributed by atoms with van der Waals surface area (Å²) in [5.41, 5.74) is 4.96. The van der Waals surface area contributed by atoms with Gasteiger partial charge in [0.25, 0.3) is 0 Å². The number of aromatic hydroxyl groups is 1. The molecule has 1 aliphatic heterocycles. The molecular weight excluding hydrogens is 408 g/mol. The molecule has 0 spiro atoms. The molecule has 164 valence electrons. The zero-order chi connectivity index (χ0) is 22.4. The van der Waals surface area contributed by atoms with Crippen LogP contribution in [0, 0.1) is 6.92 Å². The summed E-state index contributed by atoms with van der Waals surface area (Å²) in [7, 11) is 3.23. The molecule has 0 radical (unpaired) electrons. The Hall–Kier alpha value is -3.74. The Balaban J connectivity index is 1.65. The number of Topliss-reactive ketones (excluding diaryl/α,β-unsaturated/α-hetero) is 1. The molecule has 0 amide bonds. The molecule has 0 bridgehead atoms. The average Bonchev–Trinajstić information content (AvgIpc) is 3.17. The first-order valence-corrected chi connectivity index (χ1v) is 10.5. The summed E-state index contributed by atoms with van der Waals surface area (Å²) < 4.78 is 16.7. The number of ether oxygens (including phenoxy) is 2. The lowest BCUT2D eigenvalue weighted by atomic mass is 9.72. The second-order valence-electron chi connectivity index (χ2n) is 8.19. The number of nitrogens with one attached hydrogen (secondary N) is 1. The minimum absolute atomic E-state index is 0.00720. The van der Waals surface area contributed by atoms with Crippen LogP contribution in [-0.2, 0) is 4.79 Å². The Kier molecular flexibility index (Phi) is 4.89. The van der Waals surface area contributed by atoms with Gasteiger partial charge in [0, 0.05) is 23.3 Å². The number of hydrogen-bond donors (Lipinski definition) is 2. The summed E-state index contributed by atoms with van der Waals surface area (Å²) in [5.74, 6) is 1.82. The first kappa shape index (κ1) is 20.2. The Labute approximate surface area is 185 Å². The lowest BCUT2D eigenvalue weighted by molar-refractivity contribution is -0.116. The van der Waals surface area contributed by atoms with Crippen molar-refractivity contribution in [3.8, 4) is 17.2 Å². The third-order valence-corrected chi connectivity index (χ3v) is 6.37. The molecule has 0 unspecified atom stereocenters. The number of phenols is 1. The SMILES string of the molecule is COc1ccc(OC)c([C@H]2C3=C(C[C@H](c4ccc(O)cc4)CC3=O)Nc3onc(C)c32)c1. The fourth-order valence-electron chi connectivity index (χ4n) is 4.83. The molecule has 0 saturated carbocycles. The van der Waals surface area contributed by atoms with Gasteiger partial charge in [-0.05, 0) is 55.2 Å². The molecule has 3 aromatic rings. The maximum atomic E-state index is 13.6.